The van der Waals surface area contributed by atoms with Gasteiger partial charge in [0.2, 0.25) is 5.88 Å². The molecule has 7 heteroatoms. The van der Waals surface area contributed by atoms with Crippen molar-refractivity contribution in [3.63, 3.8) is 0 Å². The Balaban J connectivity index is 2.56. The second kappa shape index (κ2) is 6.11. The number of hydrogen-bond donors (Lipinski definition) is 0. The summed E-state index contributed by atoms with van der Waals surface area (Å²) in [5.41, 5.74) is -0.00706. The third-order valence-electron chi connectivity index (χ3n) is 1.99. The third kappa shape index (κ3) is 6.40. The van der Waals surface area contributed by atoms with Crippen LogP contribution in [-0.2, 0) is 4.74 Å². The van der Waals surface area contributed by atoms with E-state index < -0.39 is 18.8 Å². The van der Waals surface area contributed by atoms with Crippen molar-refractivity contribution in [3.8, 4) is 5.88 Å². The molecule has 1 heterocycles. The van der Waals surface area contributed by atoms with Gasteiger partial charge < -0.3 is 9.47 Å². The molecule has 20 heavy (non-hydrogen) atoms. The lowest BCUT2D eigenvalue weighted by Gasteiger charge is -2.17. The summed E-state index contributed by atoms with van der Waals surface area (Å²) in [7, 11) is 0. The van der Waals surface area contributed by atoms with E-state index in [0.29, 0.717) is 0 Å². The number of rotatable bonds is 4. The number of esters is 1. The van der Waals surface area contributed by atoms with Crippen LogP contribution in [0, 0.1) is 5.41 Å². The zero-order chi connectivity index (χ0) is 15.4. The van der Waals surface area contributed by atoms with Gasteiger partial charge in [0.1, 0.15) is 0 Å². The van der Waals surface area contributed by atoms with Crippen LogP contribution < -0.4 is 4.74 Å². The quantitative estimate of drug-likeness (QED) is 0.799. The van der Waals surface area contributed by atoms with E-state index >= 15 is 0 Å². The first-order valence-electron chi connectivity index (χ1n) is 5.89. The molecule has 0 aromatic carbocycles. The molecule has 1 aromatic heterocycles. The molecule has 1 aromatic rings. The standard InChI is InChI=1S/C13H16F3NO3/c1-12(2,3)7-20-11(18)9-4-5-10(17-6-9)19-8-13(14,15)16/h4-6H,7-8H2,1-3H3. The highest BCUT2D eigenvalue weighted by atomic mass is 19.4. The lowest BCUT2D eigenvalue weighted by Crippen LogP contribution is -2.20. The molecule has 0 bridgehead atoms. The predicted octanol–water partition coefficient (Wildman–Crippen LogP) is 3.23. The van der Waals surface area contributed by atoms with Crippen LogP contribution in [0.15, 0.2) is 18.3 Å². The van der Waals surface area contributed by atoms with Crippen LogP contribution in [-0.4, -0.2) is 30.3 Å². The van der Waals surface area contributed by atoms with Gasteiger partial charge in [-0.15, -0.1) is 0 Å². The van der Waals surface area contributed by atoms with Gasteiger partial charge in [0.05, 0.1) is 12.2 Å². The van der Waals surface area contributed by atoms with Gasteiger partial charge in [-0.3, -0.25) is 0 Å². The molecular formula is C13H16F3NO3. The Labute approximate surface area is 114 Å². The minimum Gasteiger partial charge on any atom is -0.468 e. The molecule has 0 aliphatic heterocycles. The number of aromatic nitrogens is 1. The number of alkyl halides is 3. The molecule has 0 saturated heterocycles. The van der Waals surface area contributed by atoms with Crippen molar-refractivity contribution in [2.45, 2.75) is 26.9 Å². The molecule has 0 aliphatic carbocycles. The number of halogens is 3. The largest absolute Gasteiger partial charge is 0.468 e. The van der Waals surface area contributed by atoms with Crippen molar-refractivity contribution in [2.75, 3.05) is 13.2 Å². The summed E-state index contributed by atoms with van der Waals surface area (Å²) in [5, 5.41) is 0. The Hall–Kier alpha value is -1.79. The van der Waals surface area contributed by atoms with Gasteiger partial charge in [0.25, 0.3) is 0 Å². The molecule has 0 radical (unpaired) electrons. The summed E-state index contributed by atoms with van der Waals surface area (Å²) >= 11 is 0. The third-order valence-corrected chi connectivity index (χ3v) is 1.99. The zero-order valence-corrected chi connectivity index (χ0v) is 11.5. The first kappa shape index (κ1) is 16.3. The minimum atomic E-state index is -4.42. The van der Waals surface area contributed by atoms with E-state index in [9.17, 15) is 18.0 Å². The van der Waals surface area contributed by atoms with Crippen LogP contribution in [0.25, 0.3) is 0 Å². The van der Waals surface area contributed by atoms with Crippen molar-refractivity contribution in [1.29, 1.82) is 0 Å². The van der Waals surface area contributed by atoms with Gasteiger partial charge in [-0.1, -0.05) is 20.8 Å². The highest BCUT2D eigenvalue weighted by molar-refractivity contribution is 5.89. The Morgan fingerprint density at radius 1 is 1.20 bits per heavy atom. The monoisotopic (exact) mass is 291 g/mol. The van der Waals surface area contributed by atoms with Gasteiger partial charge in [0, 0.05) is 12.3 Å². The molecule has 0 saturated carbocycles. The van der Waals surface area contributed by atoms with Crippen LogP contribution in [0.3, 0.4) is 0 Å². The van der Waals surface area contributed by atoms with E-state index in [4.69, 9.17) is 4.74 Å². The van der Waals surface area contributed by atoms with Gasteiger partial charge in [-0.05, 0) is 11.5 Å². The molecule has 0 aliphatic rings. The Morgan fingerprint density at radius 3 is 2.30 bits per heavy atom. The molecule has 0 unspecified atom stereocenters. The van der Waals surface area contributed by atoms with Crippen LogP contribution in [0.4, 0.5) is 13.2 Å². The summed E-state index contributed by atoms with van der Waals surface area (Å²) in [4.78, 5) is 15.3. The molecular weight excluding hydrogens is 275 g/mol. The van der Waals surface area contributed by atoms with Gasteiger partial charge >= 0.3 is 12.1 Å². The lowest BCUT2D eigenvalue weighted by molar-refractivity contribution is -0.154. The van der Waals surface area contributed by atoms with Crippen molar-refractivity contribution in [1.82, 2.24) is 4.98 Å². The van der Waals surface area contributed by atoms with Crippen LogP contribution >= 0.6 is 0 Å². The Morgan fingerprint density at radius 2 is 1.85 bits per heavy atom. The van der Waals surface area contributed by atoms with Gasteiger partial charge in [-0.25, -0.2) is 9.78 Å². The number of nitrogens with zero attached hydrogens (tertiary/aromatic N) is 1. The number of carbonyl (C=O) groups is 1. The maximum Gasteiger partial charge on any atom is 0.422 e. The molecule has 0 N–H and O–H groups in total. The summed E-state index contributed by atoms with van der Waals surface area (Å²) in [5.74, 6) is -0.774. The fraction of sp³-hybridized carbons (Fsp3) is 0.538. The van der Waals surface area contributed by atoms with E-state index in [0.717, 1.165) is 6.20 Å². The normalized spacial score (nSPS) is 12.1. The maximum atomic E-state index is 11.9. The first-order valence-corrected chi connectivity index (χ1v) is 5.89. The molecule has 1 rings (SSSR count). The Bertz CT molecular complexity index is 449. The summed E-state index contributed by atoms with van der Waals surface area (Å²) in [6.07, 6.45) is -3.30. The molecule has 0 fully saturated rings. The second-order valence-electron chi connectivity index (χ2n) is 5.43. The van der Waals surface area contributed by atoms with Crippen LogP contribution in [0.2, 0.25) is 0 Å². The maximum absolute atomic E-state index is 11.9. The van der Waals surface area contributed by atoms with E-state index in [2.05, 4.69) is 9.72 Å². The highest BCUT2D eigenvalue weighted by Gasteiger charge is 2.28. The number of carbonyl (C=O) groups excluding carboxylic acids is 1. The van der Waals surface area contributed by atoms with Crippen LogP contribution in [0.5, 0.6) is 5.88 Å². The molecule has 112 valence electrons. The predicted molar refractivity (Wildman–Crippen MR) is 65.5 cm³/mol. The fourth-order valence-electron chi connectivity index (χ4n) is 1.11. The van der Waals surface area contributed by atoms with E-state index in [1.807, 2.05) is 20.8 Å². The highest BCUT2D eigenvalue weighted by Crippen LogP contribution is 2.18. The molecule has 4 nitrogen and oxygen atoms in total. The smallest absolute Gasteiger partial charge is 0.422 e. The number of ether oxygens (including phenoxy) is 2. The number of hydrogen-bond acceptors (Lipinski definition) is 4. The number of pyridine rings is 1. The average molecular weight is 291 g/mol. The van der Waals surface area contributed by atoms with E-state index in [1.54, 1.807) is 0 Å². The molecule has 0 amide bonds. The summed E-state index contributed by atoms with van der Waals surface area (Å²) < 4.78 is 45.3. The van der Waals surface area contributed by atoms with Crippen molar-refractivity contribution < 1.29 is 27.4 Å². The zero-order valence-electron chi connectivity index (χ0n) is 11.5. The topological polar surface area (TPSA) is 48.4 Å². The van der Waals surface area contributed by atoms with Gasteiger partial charge in [-0.2, -0.15) is 13.2 Å². The molecule has 0 spiro atoms. The second-order valence-corrected chi connectivity index (χ2v) is 5.43. The first-order chi connectivity index (χ1) is 9.07. The van der Waals surface area contributed by atoms with E-state index in [-0.39, 0.29) is 23.5 Å². The van der Waals surface area contributed by atoms with Crippen LogP contribution in [0.1, 0.15) is 31.1 Å². The van der Waals surface area contributed by atoms with Gasteiger partial charge in [0.15, 0.2) is 6.61 Å². The Kier molecular flexibility index (Phi) is 4.97. The van der Waals surface area contributed by atoms with Crippen molar-refractivity contribution in [3.05, 3.63) is 23.9 Å². The van der Waals surface area contributed by atoms with E-state index in [1.165, 1.54) is 12.1 Å². The van der Waals surface area contributed by atoms with Crippen molar-refractivity contribution >= 4 is 5.97 Å². The summed E-state index contributed by atoms with van der Waals surface area (Å²) in [6.45, 7) is 4.54. The van der Waals surface area contributed by atoms with Crippen molar-refractivity contribution in [2.24, 2.45) is 5.41 Å². The molecule has 0 atom stereocenters. The average Bonchev–Trinajstić information content (AvgIpc) is 2.32. The minimum absolute atomic E-state index is 0.161. The fourth-order valence-corrected chi connectivity index (χ4v) is 1.11. The SMILES string of the molecule is CC(C)(C)COC(=O)c1ccc(OCC(F)(F)F)nc1. The summed E-state index contributed by atoms with van der Waals surface area (Å²) in [6, 6.07) is 2.50. The lowest BCUT2D eigenvalue weighted by atomic mass is 9.99.